The Morgan fingerprint density at radius 3 is 2.71 bits per heavy atom. The summed E-state index contributed by atoms with van der Waals surface area (Å²) in [4.78, 5) is 23.4. The van der Waals surface area contributed by atoms with E-state index in [1.54, 1.807) is 12.1 Å². The molecule has 0 aliphatic carbocycles. The molecule has 1 saturated heterocycles. The summed E-state index contributed by atoms with van der Waals surface area (Å²) in [6, 6.07) is 11.7. The number of nitrogens with one attached hydrogen (secondary N) is 1. The number of benzene rings is 1. The third kappa shape index (κ3) is 4.47. The van der Waals surface area contributed by atoms with Gasteiger partial charge in [0, 0.05) is 6.54 Å². The number of rotatable bonds is 6. The molecule has 1 unspecified atom stereocenters. The highest BCUT2D eigenvalue weighted by Gasteiger charge is 2.32. The van der Waals surface area contributed by atoms with E-state index in [0.717, 1.165) is 10.4 Å². The predicted molar refractivity (Wildman–Crippen MR) is 130 cm³/mol. The average Bonchev–Trinajstić information content (AvgIpc) is 3.52. The van der Waals surface area contributed by atoms with E-state index in [9.17, 15) is 17.6 Å². The predicted octanol–water partition coefficient (Wildman–Crippen LogP) is 3.94. The minimum Gasteiger partial charge on any atom is -0.350 e. The molecule has 1 fully saturated rings. The minimum atomic E-state index is -3.09. The van der Waals surface area contributed by atoms with Crippen molar-refractivity contribution in [2.45, 2.75) is 25.8 Å². The standard InChI is InChI=1S/C24H23FN4O3S2/c1-15-27-22-20(29(15)18-9-12-34(31,32)14-18)13-19(21-3-2-11-33-21)28-23(22)24(30)26-10-8-16-4-6-17(25)7-5-16/h2-7,11,13,18H,8-10,12,14H2,1H3,(H,26,30). The van der Waals surface area contributed by atoms with E-state index in [0.29, 0.717) is 41.9 Å². The van der Waals surface area contributed by atoms with E-state index >= 15 is 0 Å². The van der Waals surface area contributed by atoms with Gasteiger partial charge in [-0.15, -0.1) is 11.3 Å². The molecule has 0 radical (unpaired) electrons. The molecule has 4 heterocycles. The molecular weight excluding hydrogens is 475 g/mol. The van der Waals surface area contributed by atoms with Crippen molar-refractivity contribution in [3.63, 3.8) is 0 Å². The zero-order chi connectivity index (χ0) is 23.9. The van der Waals surface area contributed by atoms with E-state index in [4.69, 9.17) is 0 Å². The van der Waals surface area contributed by atoms with Crippen LogP contribution >= 0.6 is 11.3 Å². The number of carbonyl (C=O) groups is 1. The number of nitrogens with zero attached hydrogens (tertiary/aromatic N) is 3. The number of hydrogen-bond acceptors (Lipinski definition) is 6. The number of imidazole rings is 1. The average molecular weight is 499 g/mol. The van der Waals surface area contributed by atoms with Crippen molar-refractivity contribution in [2.75, 3.05) is 18.1 Å². The molecule has 1 aromatic carbocycles. The maximum Gasteiger partial charge on any atom is 0.272 e. The lowest BCUT2D eigenvalue weighted by Gasteiger charge is -2.14. The second kappa shape index (κ2) is 8.92. The summed E-state index contributed by atoms with van der Waals surface area (Å²) in [5.74, 6) is 0.216. The lowest BCUT2D eigenvalue weighted by molar-refractivity contribution is 0.0951. The highest BCUT2D eigenvalue weighted by atomic mass is 32.2. The number of aromatic nitrogens is 3. The molecule has 1 aliphatic heterocycles. The molecule has 0 saturated carbocycles. The molecule has 1 aliphatic rings. The maximum absolute atomic E-state index is 13.2. The van der Waals surface area contributed by atoms with Gasteiger partial charge in [-0.2, -0.15) is 0 Å². The number of aryl methyl sites for hydroxylation is 1. The Labute approximate surface area is 200 Å². The third-order valence-corrected chi connectivity index (χ3v) is 8.67. The normalized spacial score (nSPS) is 17.3. The first-order valence-electron chi connectivity index (χ1n) is 11.0. The third-order valence-electron chi connectivity index (χ3n) is 6.03. The number of thiophene rings is 1. The molecule has 0 bridgehead atoms. The molecule has 1 N–H and O–H groups in total. The number of carbonyl (C=O) groups excluding carboxylic acids is 1. The molecule has 7 nitrogen and oxygen atoms in total. The Bertz CT molecular complexity index is 1460. The number of amides is 1. The van der Waals surface area contributed by atoms with Crippen molar-refractivity contribution in [2.24, 2.45) is 0 Å². The second-order valence-corrected chi connectivity index (χ2v) is 11.6. The summed E-state index contributed by atoms with van der Waals surface area (Å²) in [6.45, 7) is 2.18. The van der Waals surface area contributed by atoms with Crippen LogP contribution in [0, 0.1) is 12.7 Å². The molecule has 3 aromatic heterocycles. The minimum absolute atomic E-state index is 0.0646. The lowest BCUT2D eigenvalue weighted by Crippen LogP contribution is -2.27. The highest BCUT2D eigenvalue weighted by molar-refractivity contribution is 7.91. The van der Waals surface area contributed by atoms with Crippen LogP contribution in [0.4, 0.5) is 4.39 Å². The summed E-state index contributed by atoms with van der Waals surface area (Å²) in [6.07, 6.45) is 1.07. The van der Waals surface area contributed by atoms with Gasteiger partial charge in [0.05, 0.1) is 33.6 Å². The Kier molecular flexibility index (Phi) is 5.95. The molecule has 34 heavy (non-hydrogen) atoms. The van der Waals surface area contributed by atoms with Crippen molar-refractivity contribution < 1.29 is 17.6 Å². The van der Waals surface area contributed by atoms with Gasteiger partial charge < -0.3 is 9.88 Å². The fraction of sp³-hybridized carbons (Fsp3) is 0.292. The van der Waals surface area contributed by atoms with Crippen LogP contribution in [0.1, 0.15) is 34.3 Å². The van der Waals surface area contributed by atoms with Gasteiger partial charge in [-0.3, -0.25) is 4.79 Å². The van der Waals surface area contributed by atoms with E-state index in [2.05, 4.69) is 15.3 Å². The van der Waals surface area contributed by atoms with Crippen LogP contribution in [0.25, 0.3) is 21.6 Å². The molecular formula is C24H23FN4O3S2. The highest BCUT2D eigenvalue weighted by Crippen LogP contribution is 2.33. The Morgan fingerprint density at radius 2 is 2.03 bits per heavy atom. The summed E-state index contributed by atoms with van der Waals surface area (Å²) in [7, 11) is -3.09. The number of sulfone groups is 1. The van der Waals surface area contributed by atoms with Crippen molar-refractivity contribution in [3.8, 4) is 10.6 Å². The lowest BCUT2D eigenvalue weighted by atomic mass is 10.1. The van der Waals surface area contributed by atoms with Crippen molar-refractivity contribution in [1.29, 1.82) is 0 Å². The van der Waals surface area contributed by atoms with Crippen LogP contribution in [-0.2, 0) is 16.3 Å². The smallest absolute Gasteiger partial charge is 0.272 e. The van der Waals surface area contributed by atoms with Gasteiger partial charge >= 0.3 is 0 Å². The quantitative estimate of drug-likeness (QED) is 0.435. The van der Waals surface area contributed by atoms with Gasteiger partial charge in [-0.05, 0) is 55.0 Å². The molecule has 1 atom stereocenters. The van der Waals surface area contributed by atoms with Gasteiger partial charge in [-0.1, -0.05) is 18.2 Å². The largest absolute Gasteiger partial charge is 0.350 e. The summed E-state index contributed by atoms with van der Waals surface area (Å²) in [5, 5.41) is 4.84. The number of fused-ring (bicyclic) bond motifs is 1. The summed E-state index contributed by atoms with van der Waals surface area (Å²) in [5.41, 5.74) is 2.94. The van der Waals surface area contributed by atoms with Gasteiger partial charge in [0.1, 0.15) is 17.2 Å². The first-order valence-corrected chi connectivity index (χ1v) is 13.7. The Balaban J connectivity index is 1.50. The zero-order valence-electron chi connectivity index (χ0n) is 18.5. The first kappa shape index (κ1) is 22.7. The van der Waals surface area contributed by atoms with Crippen LogP contribution in [0.15, 0.2) is 47.8 Å². The van der Waals surface area contributed by atoms with Crippen LogP contribution in [0.3, 0.4) is 0 Å². The summed E-state index contributed by atoms with van der Waals surface area (Å²) >= 11 is 1.52. The SMILES string of the molecule is Cc1nc2c(C(=O)NCCc3ccc(F)cc3)nc(-c3cccs3)cc2n1C1CCS(=O)(=O)C1. The van der Waals surface area contributed by atoms with Crippen molar-refractivity contribution in [3.05, 3.63) is 70.7 Å². The van der Waals surface area contributed by atoms with Crippen LogP contribution < -0.4 is 5.32 Å². The first-order chi connectivity index (χ1) is 16.3. The molecule has 1 amide bonds. The molecule has 0 spiro atoms. The van der Waals surface area contributed by atoms with E-state index in [1.807, 2.05) is 35.1 Å². The van der Waals surface area contributed by atoms with Gasteiger partial charge in [-0.25, -0.2) is 22.8 Å². The fourth-order valence-electron chi connectivity index (χ4n) is 4.41. The van der Waals surface area contributed by atoms with Crippen molar-refractivity contribution in [1.82, 2.24) is 19.9 Å². The van der Waals surface area contributed by atoms with Crippen LogP contribution in [-0.4, -0.2) is 46.9 Å². The Hall–Kier alpha value is -3.11. The molecule has 10 heteroatoms. The molecule has 176 valence electrons. The Morgan fingerprint density at radius 1 is 1.24 bits per heavy atom. The fourth-order valence-corrected chi connectivity index (χ4v) is 6.80. The zero-order valence-corrected chi connectivity index (χ0v) is 20.1. The number of hydrogen-bond donors (Lipinski definition) is 1. The van der Waals surface area contributed by atoms with E-state index < -0.39 is 9.84 Å². The second-order valence-electron chi connectivity index (χ2n) is 8.42. The van der Waals surface area contributed by atoms with Gasteiger partial charge in [0.2, 0.25) is 0 Å². The number of halogens is 1. The van der Waals surface area contributed by atoms with E-state index in [1.165, 1.54) is 23.5 Å². The number of pyridine rings is 1. The topological polar surface area (TPSA) is 93.9 Å². The maximum atomic E-state index is 13.2. The molecule has 5 rings (SSSR count). The van der Waals surface area contributed by atoms with Gasteiger partial charge in [0.25, 0.3) is 5.91 Å². The van der Waals surface area contributed by atoms with Crippen molar-refractivity contribution >= 4 is 38.1 Å². The molecule has 4 aromatic rings. The van der Waals surface area contributed by atoms with Crippen LogP contribution in [0.5, 0.6) is 0 Å². The van der Waals surface area contributed by atoms with Gasteiger partial charge in [0.15, 0.2) is 15.5 Å². The monoisotopic (exact) mass is 498 g/mol. The summed E-state index contributed by atoms with van der Waals surface area (Å²) < 4.78 is 39.3. The van der Waals surface area contributed by atoms with E-state index in [-0.39, 0.29) is 35.0 Å². The van der Waals surface area contributed by atoms with Crippen LogP contribution in [0.2, 0.25) is 0 Å².